The minimum atomic E-state index is -2.39. The summed E-state index contributed by atoms with van der Waals surface area (Å²) >= 11 is 0. The van der Waals surface area contributed by atoms with Crippen LogP contribution in [-0.4, -0.2) is 6.43 Å². The van der Waals surface area contributed by atoms with E-state index in [-0.39, 0.29) is 12.0 Å². The van der Waals surface area contributed by atoms with Crippen LogP contribution >= 0.6 is 0 Å². The van der Waals surface area contributed by atoms with Crippen molar-refractivity contribution < 1.29 is 17.6 Å². The molecule has 150 valence electrons. The maximum atomic E-state index is 12.7. The first kappa shape index (κ1) is 20.4. The molecule has 0 atom stereocenters. The summed E-state index contributed by atoms with van der Waals surface area (Å²) < 4.78 is 49.8. The highest BCUT2D eigenvalue weighted by Gasteiger charge is 2.30. The number of hydrogen-bond acceptors (Lipinski definition) is 0. The maximum Gasteiger partial charge on any atom is 0.263 e. The Morgan fingerprint density at radius 1 is 0.778 bits per heavy atom. The molecule has 0 radical (unpaired) electrons. The summed E-state index contributed by atoms with van der Waals surface area (Å²) in [5.41, 5.74) is 1.30. The largest absolute Gasteiger partial charge is 0.263 e. The highest BCUT2D eigenvalue weighted by atomic mass is 19.3. The molecular weight excluding hydrogens is 352 g/mol. The number of allylic oxidation sites excluding steroid dienone is 2. The second-order valence-corrected chi connectivity index (χ2v) is 8.31. The monoisotopic (exact) mass is 382 g/mol. The van der Waals surface area contributed by atoms with E-state index in [0.717, 1.165) is 37.5 Å². The van der Waals surface area contributed by atoms with Gasteiger partial charge in [0, 0.05) is 12.0 Å². The lowest BCUT2D eigenvalue weighted by molar-refractivity contribution is 0.151. The van der Waals surface area contributed by atoms with Crippen molar-refractivity contribution in [2.24, 2.45) is 17.8 Å². The van der Waals surface area contributed by atoms with E-state index in [4.69, 9.17) is 0 Å². The molecule has 0 bridgehead atoms. The molecule has 0 amide bonds. The third-order valence-electron chi connectivity index (χ3n) is 6.64. The van der Waals surface area contributed by atoms with Gasteiger partial charge in [0.25, 0.3) is 6.43 Å². The summed E-state index contributed by atoms with van der Waals surface area (Å²) in [6, 6.07) is 6.89. The average Bonchev–Trinajstić information content (AvgIpc) is 2.68. The molecule has 27 heavy (non-hydrogen) atoms. The van der Waals surface area contributed by atoms with E-state index < -0.39 is 12.9 Å². The van der Waals surface area contributed by atoms with Crippen LogP contribution in [0.25, 0.3) is 0 Å². The predicted octanol–water partition coefficient (Wildman–Crippen LogP) is 7.92. The second kappa shape index (κ2) is 9.75. The smallest absolute Gasteiger partial charge is 0.210 e. The molecule has 0 spiro atoms. The van der Waals surface area contributed by atoms with Crippen molar-refractivity contribution in [2.75, 3.05) is 0 Å². The SMILES string of the molecule is FC(F)C/C=C/[C@H]1CC[C@H](C2CCC(c3ccc(C(F)F)cc3)CC2)CC1. The molecule has 4 heteroatoms. The van der Waals surface area contributed by atoms with Gasteiger partial charge in [0.15, 0.2) is 0 Å². The van der Waals surface area contributed by atoms with Crippen LogP contribution in [0.15, 0.2) is 36.4 Å². The van der Waals surface area contributed by atoms with Gasteiger partial charge in [-0.25, -0.2) is 17.6 Å². The zero-order valence-corrected chi connectivity index (χ0v) is 15.8. The Hall–Kier alpha value is -1.32. The Kier molecular flexibility index (Phi) is 7.37. The average molecular weight is 382 g/mol. The fourth-order valence-electron chi connectivity index (χ4n) is 5.02. The van der Waals surface area contributed by atoms with Crippen LogP contribution in [0.2, 0.25) is 0 Å². The number of rotatable bonds is 6. The summed E-state index contributed by atoms with van der Waals surface area (Å²) in [7, 11) is 0. The van der Waals surface area contributed by atoms with Gasteiger partial charge < -0.3 is 0 Å². The lowest BCUT2D eigenvalue weighted by Crippen LogP contribution is -2.25. The van der Waals surface area contributed by atoms with Gasteiger partial charge in [-0.1, -0.05) is 36.4 Å². The van der Waals surface area contributed by atoms with Crippen LogP contribution in [0.3, 0.4) is 0 Å². The van der Waals surface area contributed by atoms with Gasteiger partial charge in [0.2, 0.25) is 6.43 Å². The first-order valence-corrected chi connectivity index (χ1v) is 10.4. The van der Waals surface area contributed by atoms with Crippen molar-refractivity contribution in [3.63, 3.8) is 0 Å². The van der Waals surface area contributed by atoms with Crippen molar-refractivity contribution in [1.29, 1.82) is 0 Å². The molecular formula is C23H30F4. The van der Waals surface area contributed by atoms with Gasteiger partial charge in [-0.15, -0.1) is 0 Å². The molecule has 2 aliphatic rings. The van der Waals surface area contributed by atoms with E-state index in [1.165, 1.54) is 31.2 Å². The van der Waals surface area contributed by atoms with Crippen molar-refractivity contribution in [1.82, 2.24) is 0 Å². The maximum absolute atomic E-state index is 12.7. The van der Waals surface area contributed by atoms with E-state index in [2.05, 4.69) is 0 Å². The molecule has 0 nitrogen and oxygen atoms in total. The van der Waals surface area contributed by atoms with Crippen LogP contribution < -0.4 is 0 Å². The molecule has 0 aliphatic heterocycles. The zero-order chi connectivity index (χ0) is 19.2. The van der Waals surface area contributed by atoms with Gasteiger partial charge in [0.1, 0.15) is 0 Å². The molecule has 0 unspecified atom stereocenters. The van der Waals surface area contributed by atoms with E-state index in [1.807, 2.05) is 18.2 Å². The fraction of sp³-hybridized carbons (Fsp3) is 0.652. The molecule has 0 N–H and O–H groups in total. The highest BCUT2D eigenvalue weighted by molar-refractivity contribution is 5.26. The zero-order valence-electron chi connectivity index (χ0n) is 15.8. The molecule has 2 aliphatic carbocycles. The summed E-state index contributed by atoms with van der Waals surface area (Å²) in [6.07, 6.45) is 8.30. The predicted molar refractivity (Wildman–Crippen MR) is 101 cm³/mol. The summed E-state index contributed by atoms with van der Waals surface area (Å²) in [5, 5.41) is 0. The number of benzene rings is 1. The van der Waals surface area contributed by atoms with Crippen LogP contribution in [-0.2, 0) is 0 Å². The summed E-state index contributed by atoms with van der Waals surface area (Å²) in [4.78, 5) is 0. The molecule has 2 saturated carbocycles. The quantitative estimate of drug-likeness (QED) is 0.346. The first-order chi connectivity index (χ1) is 13.0. The molecule has 1 aromatic rings. The Morgan fingerprint density at radius 2 is 1.33 bits per heavy atom. The van der Waals surface area contributed by atoms with Crippen LogP contribution in [0, 0.1) is 17.8 Å². The fourth-order valence-corrected chi connectivity index (χ4v) is 5.02. The Balaban J connectivity index is 1.42. The number of halogens is 4. The summed E-state index contributed by atoms with van der Waals surface area (Å²) in [5.74, 6) is 2.52. The van der Waals surface area contributed by atoms with Gasteiger partial charge in [-0.3, -0.25) is 0 Å². The van der Waals surface area contributed by atoms with Crippen molar-refractivity contribution >= 4 is 0 Å². The Morgan fingerprint density at radius 3 is 1.85 bits per heavy atom. The normalized spacial score (nSPS) is 29.7. The Bertz CT molecular complexity index is 577. The van der Waals surface area contributed by atoms with Gasteiger partial charge in [-0.05, 0) is 80.6 Å². The number of hydrogen-bond donors (Lipinski definition) is 0. The third-order valence-corrected chi connectivity index (χ3v) is 6.64. The molecule has 2 fully saturated rings. The lowest BCUT2D eigenvalue weighted by atomic mass is 9.68. The van der Waals surface area contributed by atoms with Crippen LogP contribution in [0.5, 0.6) is 0 Å². The minimum absolute atomic E-state index is 0.104. The number of alkyl halides is 4. The lowest BCUT2D eigenvalue weighted by Gasteiger charge is -2.37. The van der Waals surface area contributed by atoms with Crippen LogP contribution in [0.1, 0.15) is 81.3 Å². The van der Waals surface area contributed by atoms with E-state index in [1.54, 1.807) is 18.2 Å². The molecule has 0 heterocycles. The van der Waals surface area contributed by atoms with E-state index in [0.29, 0.717) is 11.8 Å². The van der Waals surface area contributed by atoms with Gasteiger partial charge in [0.05, 0.1) is 0 Å². The molecule has 0 aromatic heterocycles. The van der Waals surface area contributed by atoms with Crippen molar-refractivity contribution in [2.45, 2.75) is 76.6 Å². The molecule has 1 aromatic carbocycles. The van der Waals surface area contributed by atoms with E-state index >= 15 is 0 Å². The second-order valence-electron chi connectivity index (χ2n) is 8.31. The Labute approximate surface area is 160 Å². The highest BCUT2D eigenvalue weighted by Crippen LogP contribution is 2.44. The standard InChI is InChI=1S/C23H30F4/c24-22(25)3-1-2-16-4-6-17(7-5-16)18-8-10-19(11-9-18)20-12-14-21(15-13-20)23(26)27/h1-2,12-19,22-23H,3-11H2/b2-1+/t16-,17-,18?,19?. The van der Waals surface area contributed by atoms with Gasteiger partial charge >= 0.3 is 0 Å². The van der Waals surface area contributed by atoms with Crippen molar-refractivity contribution in [3.8, 4) is 0 Å². The van der Waals surface area contributed by atoms with Crippen molar-refractivity contribution in [3.05, 3.63) is 47.5 Å². The molecule has 0 saturated heterocycles. The third kappa shape index (κ3) is 5.83. The van der Waals surface area contributed by atoms with Crippen LogP contribution in [0.4, 0.5) is 17.6 Å². The molecule has 3 rings (SSSR count). The summed E-state index contributed by atoms with van der Waals surface area (Å²) in [6.45, 7) is 0. The topological polar surface area (TPSA) is 0 Å². The first-order valence-electron chi connectivity index (χ1n) is 10.4. The van der Waals surface area contributed by atoms with Gasteiger partial charge in [-0.2, -0.15) is 0 Å². The van der Waals surface area contributed by atoms with E-state index in [9.17, 15) is 17.6 Å². The minimum Gasteiger partial charge on any atom is -0.210 e.